The van der Waals surface area contributed by atoms with Crippen LogP contribution in [0.3, 0.4) is 0 Å². The van der Waals surface area contributed by atoms with Crippen molar-refractivity contribution in [1.29, 1.82) is 0 Å². The van der Waals surface area contributed by atoms with Gasteiger partial charge in [-0.2, -0.15) is 0 Å². The third-order valence-corrected chi connectivity index (χ3v) is 5.06. The summed E-state index contributed by atoms with van der Waals surface area (Å²) in [6, 6.07) is 6.45. The van der Waals surface area contributed by atoms with Crippen molar-refractivity contribution >= 4 is 33.2 Å². The Morgan fingerprint density at radius 3 is 2.43 bits per heavy atom. The van der Waals surface area contributed by atoms with Gasteiger partial charge in [-0.25, -0.2) is 8.42 Å². The fraction of sp³-hybridized carbons (Fsp3) is 0.467. The van der Waals surface area contributed by atoms with Crippen LogP contribution < -0.4 is 14.9 Å². The van der Waals surface area contributed by atoms with Gasteiger partial charge >= 0.3 is 11.8 Å². The molecule has 23 heavy (non-hydrogen) atoms. The number of amides is 2. The van der Waals surface area contributed by atoms with Gasteiger partial charge < -0.3 is 10.6 Å². The highest BCUT2D eigenvalue weighted by atomic mass is 32.2. The number of nitrogens with one attached hydrogen (secondary N) is 2. The van der Waals surface area contributed by atoms with Gasteiger partial charge in [-0.3, -0.25) is 13.9 Å². The number of benzene rings is 1. The number of sulfonamides is 1. The molecule has 1 aliphatic rings. The molecule has 0 atom stereocenters. The molecule has 0 saturated carbocycles. The first-order chi connectivity index (χ1) is 10.6. The van der Waals surface area contributed by atoms with Crippen LogP contribution in [0.4, 0.5) is 11.4 Å². The van der Waals surface area contributed by atoms with Gasteiger partial charge in [-0.15, -0.1) is 0 Å². The second-order valence-electron chi connectivity index (χ2n) is 6.45. The monoisotopic (exact) mass is 339 g/mol. The summed E-state index contributed by atoms with van der Waals surface area (Å²) in [5, 5.41) is 5.05. The van der Waals surface area contributed by atoms with Crippen molar-refractivity contribution in [2.45, 2.75) is 32.7 Å². The highest BCUT2D eigenvalue weighted by Crippen LogP contribution is 2.26. The first-order valence-electron chi connectivity index (χ1n) is 7.32. The Hall–Kier alpha value is -2.09. The van der Waals surface area contributed by atoms with Crippen molar-refractivity contribution in [3.05, 3.63) is 24.3 Å². The zero-order chi connectivity index (χ0) is 17.3. The average Bonchev–Trinajstić information content (AvgIpc) is 2.76. The Morgan fingerprint density at radius 2 is 1.87 bits per heavy atom. The molecule has 8 heteroatoms. The van der Waals surface area contributed by atoms with Crippen LogP contribution >= 0.6 is 0 Å². The van der Waals surface area contributed by atoms with Crippen LogP contribution in [0.5, 0.6) is 0 Å². The van der Waals surface area contributed by atoms with Gasteiger partial charge in [-0.05, 0) is 45.4 Å². The summed E-state index contributed by atoms with van der Waals surface area (Å²) in [6.07, 6.45) is 0.576. The zero-order valence-corrected chi connectivity index (χ0v) is 14.2. The van der Waals surface area contributed by atoms with Crippen LogP contribution in [-0.2, 0) is 19.6 Å². The molecular weight excluding hydrogens is 318 g/mol. The van der Waals surface area contributed by atoms with Crippen molar-refractivity contribution in [2.75, 3.05) is 21.9 Å². The van der Waals surface area contributed by atoms with Crippen molar-refractivity contribution in [1.82, 2.24) is 5.32 Å². The number of hydrogen-bond acceptors (Lipinski definition) is 4. The minimum absolute atomic E-state index is 0.123. The van der Waals surface area contributed by atoms with E-state index in [0.717, 1.165) is 0 Å². The quantitative estimate of drug-likeness (QED) is 0.788. The number of carbonyl (C=O) groups is 2. The first kappa shape index (κ1) is 17.3. The van der Waals surface area contributed by atoms with Gasteiger partial charge in [0.1, 0.15) is 0 Å². The summed E-state index contributed by atoms with van der Waals surface area (Å²) in [6.45, 7) is 5.75. The van der Waals surface area contributed by atoms with Crippen molar-refractivity contribution in [3.63, 3.8) is 0 Å². The standard InChI is InChI=1S/C15H21N3O4S/c1-15(2,3)17-14(20)13(19)16-11-6-4-7-12(10-11)18-8-5-9-23(18,21)22/h4,6-7,10H,5,8-9H2,1-3H3,(H,16,19)(H,17,20). The molecule has 1 fully saturated rings. The van der Waals surface area contributed by atoms with Crippen LogP contribution in [0.1, 0.15) is 27.2 Å². The van der Waals surface area contributed by atoms with Crippen LogP contribution in [0.15, 0.2) is 24.3 Å². The van der Waals surface area contributed by atoms with Gasteiger partial charge in [-0.1, -0.05) is 6.07 Å². The fourth-order valence-corrected chi connectivity index (χ4v) is 3.81. The number of nitrogens with zero attached hydrogens (tertiary/aromatic N) is 1. The summed E-state index contributed by atoms with van der Waals surface area (Å²) < 4.78 is 25.2. The highest BCUT2D eigenvalue weighted by molar-refractivity contribution is 7.93. The maximum absolute atomic E-state index is 11.9. The number of rotatable bonds is 2. The van der Waals surface area contributed by atoms with Gasteiger partial charge in [0.05, 0.1) is 11.4 Å². The second kappa shape index (κ2) is 6.19. The van der Waals surface area contributed by atoms with E-state index in [1.165, 1.54) is 4.31 Å². The third-order valence-electron chi connectivity index (χ3n) is 3.19. The van der Waals surface area contributed by atoms with E-state index in [0.29, 0.717) is 24.3 Å². The van der Waals surface area contributed by atoms with E-state index in [2.05, 4.69) is 10.6 Å². The van der Waals surface area contributed by atoms with E-state index in [-0.39, 0.29) is 5.75 Å². The SMILES string of the molecule is CC(C)(C)NC(=O)C(=O)Nc1cccc(N2CCCS2(=O)=O)c1. The summed E-state index contributed by atoms with van der Waals surface area (Å²) >= 11 is 0. The van der Waals surface area contributed by atoms with Gasteiger partial charge in [0.25, 0.3) is 0 Å². The predicted octanol–water partition coefficient (Wildman–Crippen LogP) is 1.08. The first-order valence-corrected chi connectivity index (χ1v) is 8.93. The molecule has 0 aliphatic carbocycles. The van der Waals surface area contributed by atoms with E-state index < -0.39 is 27.4 Å². The van der Waals surface area contributed by atoms with Crippen LogP contribution in [0.2, 0.25) is 0 Å². The van der Waals surface area contributed by atoms with E-state index in [1.807, 2.05) is 0 Å². The molecule has 0 radical (unpaired) electrons. The van der Waals surface area contributed by atoms with Crippen LogP contribution in [0.25, 0.3) is 0 Å². The fourth-order valence-electron chi connectivity index (χ4n) is 2.25. The molecule has 2 N–H and O–H groups in total. The largest absolute Gasteiger partial charge is 0.343 e. The molecule has 7 nitrogen and oxygen atoms in total. The minimum atomic E-state index is -3.28. The van der Waals surface area contributed by atoms with Gasteiger partial charge in [0, 0.05) is 17.8 Å². The molecule has 2 amide bonds. The van der Waals surface area contributed by atoms with Gasteiger partial charge in [0.15, 0.2) is 0 Å². The lowest BCUT2D eigenvalue weighted by atomic mass is 10.1. The highest BCUT2D eigenvalue weighted by Gasteiger charge is 2.28. The molecule has 1 aromatic carbocycles. The molecule has 1 aromatic rings. The molecular formula is C15H21N3O4S. The molecule has 0 bridgehead atoms. The molecule has 0 aromatic heterocycles. The summed E-state index contributed by atoms with van der Waals surface area (Å²) in [4.78, 5) is 23.7. The van der Waals surface area contributed by atoms with Crippen molar-refractivity contribution in [2.24, 2.45) is 0 Å². The van der Waals surface area contributed by atoms with Gasteiger partial charge in [0.2, 0.25) is 10.0 Å². The van der Waals surface area contributed by atoms with Crippen LogP contribution in [-0.4, -0.2) is 38.1 Å². The number of hydrogen-bond donors (Lipinski definition) is 2. The Kier molecular flexibility index (Phi) is 4.65. The minimum Gasteiger partial charge on any atom is -0.343 e. The molecule has 0 spiro atoms. The molecule has 1 heterocycles. The maximum atomic E-state index is 11.9. The third kappa shape index (κ3) is 4.44. The second-order valence-corrected chi connectivity index (χ2v) is 8.46. The predicted molar refractivity (Wildman–Crippen MR) is 88.7 cm³/mol. The van der Waals surface area contributed by atoms with E-state index >= 15 is 0 Å². The lowest BCUT2D eigenvalue weighted by Crippen LogP contribution is -2.46. The zero-order valence-electron chi connectivity index (χ0n) is 13.4. The number of anilines is 2. The van der Waals surface area contributed by atoms with Crippen molar-refractivity contribution < 1.29 is 18.0 Å². The summed E-state index contributed by atoms with van der Waals surface area (Å²) in [5.74, 6) is -1.41. The lowest BCUT2D eigenvalue weighted by Gasteiger charge is -2.20. The molecule has 126 valence electrons. The Labute approximate surface area is 136 Å². The molecule has 2 rings (SSSR count). The van der Waals surface area contributed by atoms with Crippen molar-refractivity contribution in [3.8, 4) is 0 Å². The number of carbonyl (C=O) groups excluding carboxylic acids is 2. The Balaban J connectivity index is 2.12. The van der Waals surface area contributed by atoms with E-state index in [1.54, 1.807) is 45.0 Å². The molecule has 0 unspecified atom stereocenters. The Bertz CT molecular complexity index is 722. The molecule has 1 saturated heterocycles. The smallest absolute Gasteiger partial charge is 0.313 e. The lowest BCUT2D eigenvalue weighted by molar-refractivity contribution is -0.137. The van der Waals surface area contributed by atoms with E-state index in [9.17, 15) is 18.0 Å². The normalized spacial score (nSPS) is 16.9. The summed E-state index contributed by atoms with van der Waals surface area (Å²) in [5.41, 5.74) is 0.343. The molecule has 1 aliphatic heterocycles. The summed E-state index contributed by atoms with van der Waals surface area (Å²) in [7, 11) is -3.28. The average molecular weight is 339 g/mol. The maximum Gasteiger partial charge on any atom is 0.313 e. The topological polar surface area (TPSA) is 95.6 Å². The van der Waals surface area contributed by atoms with Crippen LogP contribution in [0, 0.1) is 0 Å². The Morgan fingerprint density at radius 1 is 1.17 bits per heavy atom. The van der Waals surface area contributed by atoms with E-state index in [4.69, 9.17) is 0 Å².